The molecule has 0 radical (unpaired) electrons. The van der Waals surface area contributed by atoms with Crippen LogP contribution in [0.15, 0.2) is 28.9 Å². The summed E-state index contributed by atoms with van der Waals surface area (Å²) in [5.74, 6) is 0.634. The van der Waals surface area contributed by atoms with E-state index >= 15 is 0 Å². The second kappa shape index (κ2) is 10.3. The Hall–Kier alpha value is -2.27. The summed E-state index contributed by atoms with van der Waals surface area (Å²) in [6.07, 6.45) is 5.44. The molecule has 5 nitrogen and oxygen atoms in total. The lowest BCUT2D eigenvalue weighted by Gasteiger charge is -2.19. The summed E-state index contributed by atoms with van der Waals surface area (Å²) in [5.41, 5.74) is 3.63. The number of hydrogen-bond donors (Lipinski definition) is 1. The maximum atomic E-state index is 12.5. The predicted molar refractivity (Wildman–Crippen MR) is 116 cm³/mol. The summed E-state index contributed by atoms with van der Waals surface area (Å²) in [6, 6.07) is 4.05. The van der Waals surface area contributed by atoms with E-state index in [1.54, 1.807) is 19.4 Å². The fraction of sp³-hybridized carbons (Fsp3) is 0.522. The summed E-state index contributed by atoms with van der Waals surface area (Å²) < 4.78 is 11.1. The van der Waals surface area contributed by atoms with E-state index in [9.17, 15) is 4.79 Å². The lowest BCUT2D eigenvalue weighted by molar-refractivity contribution is -0.117. The molecule has 0 aliphatic carbocycles. The highest BCUT2D eigenvalue weighted by molar-refractivity contribution is 5.97. The Bertz CT molecular complexity index is 819. The summed E-state index contributed by atoms with van der Waals surface area (Å²) >= 11 is 0. The summed E-state index contributed by atoms with van der Waals surface area (Å²) in [7, 11) is 1.63. The van der Waals surface area contributed by atoms with Crippen LogP contribution in [0.2, 0.25) is 0 Å². The minimum Gasteiger partial charge on any atom is -0.496 e. The molecule has 1 atom stereocenters. The van der Waals surface area contributed by atoms with Gasteiger partial charge >= 0.3 is 0 Å². The van der Waals surface area contributed by atoms with Crippen molar-refractivity contribution in [3.63, 3.8) is 0 Å². The molecule has 2 aromatic rings. The number of methoxy groups -OCH3 is 1. The first-order valence-electron chi connectivity index (χ1n) is 10.2. The molecule has 154 valence electrons. The number of rotatable bonds is 10. The lowest BCUT2D eigenvalue weighted by Crippen LogP contribution is -2.32. The summed E-state index contributed by atoms with van der Waals surface area (Å²) in [5, 5.41) is 4.11. The van der Waals surface area contributed by atoms with Crippen molar-refractivity contribution in [2.24, 2.45) is 0 Å². The molecular formula is C23H34N2O3. The van der Waals surface area contributed by atoms with E-state index in [0.717, 1.165) is 60.1 Å². The first-order valence-corrected chi connectivity index (χ1v) is 10.2. The third-order valence-corrected chi connectivity index (χ3v) is 5.26. The molecule has 1 N–H and O–H groups in total. The van der Waals surface area contributed by atoms with E-state index in [4.69, 9.17) is 9.15 Å². The van der Waals surface area contributed by atoms with Crippen LogP contribution < -0.4 is 10.1 Å². The molecule has 1 amide bonds. The van der Waals surface area contributed by atoms with Gasteiger partial charge in [-0.15, -0.1) is 0 Å². The van der Waals surface area contributed by atoms with E-state index in [1.807, 2.05) is 26.0 Å². The van der Waals surface area contributed by atoms with Crippen molar-refractivity contribution in [2.45, 2.75) is 53.5 Å². The largest absolute Gasteiger partial charge is 0.496 e. The molecule has 28 heavy (non-hydrogen) atoms. The number of ether oxygens (including phenoxy) is 1. The Morgan fingerprint density at radius 1 is 1.32 bits per heavy atom. The number of nitrogens with one attached hydrogen (secondary N) is 1. The highest BCUT2D eigenvalue weighted by atomic mass is 16.5. The molecule has 0 aliphatic heterocycles. The third kappa shape index (κ3) is 5.61. The van der Waals surface area contributed by atoms with Crippen molar-refractivity contribution >= 4 is 22.4 Å². The second-order valence-electron chi connectivity index (χ2n) is 7.37. The van der Waals surface area contributed by atoms with Crippen molar-refractivity contribution in [1.29, 1.82) is 0 Å². The molecule has 0 fully saturated rings. The number of allylic oxidation sites excluding steroid dienone is 1. The molecular weight excluding hydrogens is 352 g/mol. The van der Waals surface area contributed by atoms with Gasteiger partial charge in [0.2, 0.25) is 5.91 Å². The standard InChI is InChI=1S/C23H34N2O3/c1-7-25(8-2)11-9-10-18(5)24-23(26)12-16(3)19-13-20-17(4)15-28-22(20)14-21(19)27-6/h12-15,18H,7-11H2,1-6H3,(H,24,26)/b16-12+. The zero-order valence-corrected chi connectivity index (χ0v) is 18.1. The van der Waals surface area contributed by atoms with Crippen molar-refractivity contribution in [3.05, 3.63) is 35.6 Å². The highest BCUT2D eigenvalue weighted by Gasteiger charge is 2.13. The summed E-state index contributed by atoms with van der Waals surface area (Å²) in [6.45, 7) is 13.6. The highest BCUT2D eigenvalue weighted by Crippen LogP contribution is 2.33. The fourth-order valence-electron chi connectivity index (χ4n) is 3.45. The minimum atomic E-state index is -0.0705. The number of aryl methyl sites for hydroxylation is 1. The SMILES string of the molecule is CCN(CC)CCCC(C)NC(=O)/C=C(\C)c1cc2c(C)coc2cc1OC. The first kappa shape index (κ1) is 22.0. The fourth-order valence-corrected chi connectivity index (χ4v) is 3.45. The number of hydrogen-bond acceptors (Lipinski definition) is 4. The Labute approximate surface area is 168 Å². The molecule has 2 rings (SSSR count). The van der Waals surface area contributed by atoms with Gasteiger partial charge < -0.3 is 19.4 Å². The maximum Gasteiger partial charge on any atom is 0.244 e. The van der Waals surface area contributed by atoms with Crippen LogP contribution in [0.5, 0.6) is 5.75 Å². The zero-order valence-electron chi connectivity index (χ0n) is 18.1. The van der Waals surface area contributed by atoms with E-state index < -0.39 is 0 Å². The molecule has 0 aliphatic rings. The minimum absolute atomic E-state index is 0.0705. The topological polar surface area (TPSA) is 54.7 Å². The molecule has 1 heterocycles. The zero-order chi connectivity index (χ0) is 20.7. The number of benzene rings is 1. The van der Waals surface area contributed by atoms with Crippen LogP contribution in [-0.2, 0) is 4.79 Å². The monoisotopic (exact) mass is 386 g/mol. The van der Waals surface area contributed by atoms with Gasteiger partial charge in [-0.05, 0) is 70.5 Å². The Kier molecular flexibility index (Phi) is 8.12. The normalized spacial score (nSPS) is 13.2. The molecule has 0 spiro atoms. The lowest BCUT2D eigenvalue weighted by atomic mass is 10.0. The number of nitrogens with zero attached hydrogens (tertiary/aromatic N) is 1. The molecule has 0 saturated heterocycles. The van der Waals surface area contributed by atoms with Crippen LogP contribution in [0, 0.1) is 6.92 Å². The average molecular weight is 387 g/mol. The molecule has 1 aromatic heterocycles. The Balaban J connectivity index is 2.03. The van der Waals surface area contributed by atoms with Crippen LogP contribution in [0.4, 0.5) is 0 Å². The quantitative estimate of drug-likeness (QED) is 0.597. The Morgan fingerprint density at radius 2 is 2.04 bits per heavy atom. The average Bonchev–Trinajstić information content (AvgIpc) is 3.04. The van der Waals surface area contributed by atoms with Crippen molar-refractivity contribution in [2.75, 3.05) is 26.7 Å². The van der Waals surface area contributed by atoms with Gasteiger partial charge in [0, 0.05) is 29.1 Å². The molecule has 1 unspecified atom stereocenters. The van der Waals surface area contributed by atoms with Gasteiger partial charge in [0.15, 0.2) is 0 Å². The van der Waals surface area contributed by atoms with Crippen LogP contribution in [0.3, 0.4) is 0 Å². The van der Waals surface area contributed by atoms with Gasteiger partial charge in [0.1, 0.15) is 11.3 Å². The van der Waals surface area contributed by atoms with Crippen molar-refractivity contribution in [3.8, 4) is 5.75 Å². The van der Waals surface area contributed by atoms with Crippen molar-refractivity contribution in [1.82, 2.24) is 10.2 Å². The van der Waals surface area contributed by atoms with Gasteiger partial charge in [-0.1, -0.05) is 13.8 Å². The molecule has 0 bridgehead atoms. The number of carbonyl (C=O) groups excluding carboxylic acids is 1. The number of furan rings is 1. The molecule has 1 aromatic carbocycles. The van der Waals surface area contributed by atoms with Gasteiger partial charge in [-0.25, -0.2) is 0 Å². The van der Waals surface area contributed by atoms with Crippen LogP contribution >= 0.6 is 0 Å². The number of fused-ring (bicyclic) bond motifs is 1. The van der Waals surface area contributed by atoms with E-state index in [1.165, 1.54) is 0 Å². The number of amides is 1. The van der Waals surface area contributed by atoms with Gasteiger partial charge in [0.25, 0.3) is 0 Å². The summed E-state index contributed by atoms with van der Waals surface area (Å²) in [4.78, 5) is 14.9. The predicted octanol–water partition coefficient (Wildman–Crippen LogP) is 4.78. The Morgan fingerprint density at radius 3 is 2.68 bits per heavy atom. The van der Waals surface area contributed by atoms with E-state index in [-0.39, 0.29) is 11.9 Å². The third-order valence-electron chi connectivity index (χ3n) is 5.26. The number of carbonyl (C=O) groups is 1. The van der Waals surface area contributed by atoms with Crippen LogP contribution in [-0.4, -0.2) is 43.6 Å². The molecule has 0 saturated carbocycles. The maximum absolute atomic E-state index is 12.5. The van der Waals surface area contributed by atoms with Crippen molar-refractivity contribution < 1.29 is 13.9 Å². The second-order valence-corrected chi connectivity index (χ2v) is 7.37. The first-order chi connectivity index (χ1) is 13.4. The molecule has 5 heteroatoms. The van der Waals surface area contributed by atoms with Gasteiger partial charge in [-0.2, -0.15) is 0 Å². The van der Waals surface area contributed by atoms with Gasteiger partial charge in [0.05, 0.1) is 13.4 Å². The van der Waals surface area contributed by atoms with E-state index in [0.29, 0.717) is 5.75 Å². The smallest absolute Gasteiger partial charge is 0.244 e. The van der Waals surface area contributed by atoms with Crippen LogP contribution in [0.25, 0.3) is 16.5 Å². The van der Waals surface area contributed by atoms with Gasteiger partial charge in [-0.3, -0.25) is 4.79 Å². The van der Waals surface area contributed by atoms with Crippen LogP contribution in [0.1, 0.15) is 51.7 Å². The van der Waals surface area contributed by atoms with E-state index in [2.05, 4.69) is 31.0 Å².